The van der Waals surface area contributed by atoms with E-state index in [1.165, 1.54) is 5.56 Å². The first-order valence-corrected chi connectivity index (χ1v) is 14.7. The Balaban J connectivity index is 1.65. The molecule has 0 saturated carbocycles. The van der Waals surface area contributed by atoms with Crippen LogP contribution >= 0.6 is 0 Å². The topological polar surface area (TPSA) is 82.7 Å². The van der Waals surface area contributed by atoms with E-state index in [0.717, 1.165) is 74.5 Å². The highest BCUT2D eigenvalue weighted by Crippen LogP contribution is 2.34. The van der Waals surface area contributed by atoms with E-state index in [1.807, 2.05) is 19.9 Å². The molecule has 0 spiro atoms. The summed E-state index contributed by atoms with van der Waals surface area (Å²) >= 11 is 0. The lowest BCUT2D eigenvalue weighted by Crippen LogP contribution is -2.50. The summed E-state index contributed by atoms with van der Waals surface area (Å²) in [6.45, 7) is 15.0. The highest BCUT2D eigenvalue weighted by molar-refractivity contribution is 5.99. The fraction of sp³-hybridized carbons (Fsp3) is 0.562. The largest absolute Gasteiger partial charge is 0.381 e. The molecule has 39 heavy (non-hydrogen) atoms. The van der Waals surface area contributed by atoms with Gasteiger partial charge in [-0.2, -0.15) is 0 Å². The molecule has 3 N–H and O–H groups in total. The second kappa shape index (κ2) is 13.4. The summed E-state index contributed by atoms with van der Waals surface area (Å²) in [7, 11) is 0. The van der Waals surface area contributed by atoms with E-state index in [1.54, 1.807) is 0 Å². The Morgan fingerprint density at radius 1 is 1.08 bits per heavy atom. The van der Waals surface area contributed by atoms with E-state index < -0.39 is 0 Å². The fourth-order valence-electron chi connectivity index (χ4n) is 6.09. The number of ether oxygens (including phenoxy) is 1. The van der Waals surface area contributed by atoms with Crippen LogP contribution in [0.4, 0.5) is 5.69 Å². The molecule has 0 radical (unpaired) electrons. The van der Waals surface area contributed by atoms with E-state index in [4.69, 9.17) is 4.74 Å². The summed E-state index contributed by atoms with van der Waals surface area (Å²) in [5.41, 5.74) is 6.09. The van der Waals surface area contributed by atoms with Crippen molar-refractivity contribution in [3.63, 3.8) is 0 Å². The van der Waals surface area contributed by atoms with E-state index in [0.29, 0.717) is 18.2 Å². The molecule has 2 aliphatic heterocycles. The molecule has 2 aromatic carbocycles. The molecule has 2 aromatic rings. The molecule has 0 aromatic heterocycles. The molecule has 2 saturated heterocycles. The predicted molar refractivity (Wildman–Crippen MR) is 158 cm³/mol. The summed E-state index contributed by atoms with van der Waals surface area (Å²) in [5.74, 6) is -0.0864. The van der Waals surface area contributed by atoms with Crippen LogP contribution in [0.2, 0.25) is 0 Å². The van der Waals surface area contributed by atoms with Crippen LogP contribution in [0, 0.1) is 18.8 Å². The molecule has 3 atom stereocenters. The predicted octanol–water partition coefficient (Wildman–Crippen LogP) is 4.67. The van der Waals surface area contributed by atoms with Crippen LogP contribution < -0.4 is 20.9 Å². The number of rotatable bonds is 10. The summed E-state index contributed by atoms with van der Waals surface area (Å²) < 4.78 is 5.64. The zero-order valence-electron chi connectivity index (χ0n) is 24.3. The lowest BCUT2D eigenvalue weighted by molar-refractivity contribution is -0.129. The van der Waals surface area contributed by atoms with E-state index in [9.17, 15) is 9.59 Å². The quantitative estimate of drug-likeness (QED) is 0.413. The van der Waals surface area contributed by atoms with Crippen molar-refractivity contribution in [1.29, 1.82) is 0 Å². The van der Waals surface area contributed by atoms with Crippen molar-refractivity contribution in [3.8, 4) is 11.1 Å². The van der Waals surface area contributed by atoms with Gasteiger partial charge in [0.1, 0.15) is 0 Å². The van der Waals surface area contributed by atoms with Gasteiger partial charge in [-0.05, 0) is 86.9 Å². The summed E-state index contributed by atoms with van der Waals surface area (Å²) in [6.07, 6.45) is 2.88. The van der Waals surface area contributed by atoms with E-state index in [-0.39, 0.29) is 29.7 Å². The molecular formula is C32H46N4O3. The van der Waals surface area contributed by atoms with Crippen LogP contribution in [-0.2, 0) is 16.1 Å². The smallest absolute Gasteiger partial charge is 0.251 e. The van der Waals surface area contributed by atoms with Crippen molar-refractivity contribution >= 4 is 17.5 Å². The van der Waals surface area contributed by atoms with Gasteiger partial charge in [0.25, 0.3) is 5.91 Å². The van der Waals surface area contributed by atoms with Gasteiger partial charge < -0.3 is 25.6 Å². The maximum Gasteiger partial charge on any atom is 0.251 e. The second-order valence-corrected chi connectivity index (χ2v) is 11.2. The molecule has 7 nitrogen and oxygen atoms in total. The van der Waals surface area contributed by atoms with Crippen molar-refractivity contribution < 1.29 is 14.3 Å². The normalized spacial score (nSPS) is 21.9. The van der Waals surface area contributed by atoms with E-state index >= 15 is 0 Å². The van der Waals surface area contributed by atoms with Gasteiger partial charge in [0.05, 0.1) is 5.92 Å². The average molecular weight is 535 g/mol. The Hall–Kier alpha value is -2.90. The molecule has 0 aliphatic carbocycles. The van der Waals surface area contributed by atoms with Gasteiger partial charge in [-0.1, -0.05) is 38.1 Å². The summed E-state index contributed by atoms with van der Waals surface area (Å²) in [5, 5.41) is 9.53. The fourth-order valence-corrected chi connectivity index (χ4v) is 6.09. The minimum absolute atomic E-state index is 0.0297. The van der Waals surface area contributed by atoms with Crippen LogP contribution in [0.5, 0.6) is 0 Å². The van der Waals surface area contributed by atoms with Gasteiger partial charge in [-0.15, -0.1) is 0 Å². The third kappa shape index (κ3) is 7.00. The Morgan fingerprint density at radius 3 is 2.44 bits per heavy atom. The number of piperidine rings is 1. The Kier molecular flexibility index (Phi) is 10.0. The van der Waals surface area contributed by atoms with Crippen molar-refractivity contribution in [2.75, 3.05) is 37.7 Å². The van der Waals surface area contributed by atoms with Crippen LogP contribution in [0.1, 0.15) is 68.4 Å². The molecule has 2 heterocycles. The minimum Gasteiger partial charge on any atom is -0.381 e. The third-order valence-electron chi connectivity index (χ3n) is 8.39. The van der Waals surface area contributed by atoms with Crippen LogP contribution in [-0.4, -0.2) is 56.7 Å². The number of carbonyl (C=O) groups is 2. The number of nitrogens with one attached hydrogen (secondary N) is 3. The average Bonchev–Trinajstić information content (AvgIpc) is 2.93. The highest BCUT2D eigenvalue weighted by atomic mass is 16.5. The standard InChI is InChI=1S/C32H46N4O3/c1-6-33-19-24-8-10-25(11-9-24)26-17-28(31(37)34-20-29-21(3)16-22(4)35-32(29)38)23(5)30(18-26)36(7-2)27-12-14-39-15-13-27/h8-11,17-18,21-22,27,29,33H,6-7,12-16,19-20H2,1-5H3,(H,34,37)(H,35,38). The zero-order valence-corrected chi connectivity index (χ0v) is 24.3. The molecule has 7 heteroatoms. The Bertz CT molecular complexity index is 1130. The lowest BCUT2D eigenvalue weighted by Gasteiger charge is -2.37. The number of benzene rings is 2. The molecule has 2 fully saturated rings. The molecule has 2 aliphatic rings. The number of carbonyl (C=O) groups excluding carboxylic acids is 2. The van der Waals surface area contributed by atoms with Crippen molar-refractivity contribution in [3.05, 3.63) is 53.1 Å². The molecular weight excluding hydrogens is 488 g/mol. The van der Waals surface area contributed by atoms with Crippen molar-refractivity contribution in [2.24, 2.45) is 11.8 Å². The van der Waals surface area contributed by atoms with Crippen molar-refractivity contribution in [1.82, 2.24) is 16.0 Å². The minimum atomic E-state index is -0.216. The zero-order chi connectivity index (χ0) is 27.9. The van der Waals surface area contributed by atoms with Gasteiger partial charge in [-0.3, -0.25) is 9.59 Å². The monoisotopic (exact) mass is 534 g/mol. The van der Waals surface area contributed by atoms with Gasteiger partial charge in [0.15, 0.2) is 0 Å². The second-order valence-electron chi connectivity index (χ2n) is 11.2. The lowest BCUT2D eigenvalue weighted by atomic mass is 9.84. The first kappa shape index (κ1) is 29.1. The SMILES string of the molecule is CCNCc1ccc(-c2cc(C(=O)NCC3C(=O)NC(C)CC3C)c(C)c(N(CC)C3CCOCC3)c2)cc1. The van der Waals surface area contributed by atoms with Gasteiger partial charge in [-0.25, -0.2) is 0 Å². The summed E-state index contributed by atoms with van der Waals surface area (Å²) in [6, 6.07) is 13.4. The van der Waals surface area contributed by atoms with Gasteiger partial charge >= 0.3 is 0 Å². The van der Waals surface area contributed by atoms with Crippen LogP contribution in [0.25, 0.3) is 11.1 Å². The molecule has 3 unspecified atom stereocenters. The van der Waals surface area contributed by atoms with Crippen LogP contribution in [0.15, 0.2) is 36.4 Å². The maximum absolute atomic E-state index is 13.7. The molecule has 0 bridgehead atoms. The van der Waals surface area contributed by atoms with Gasteiger partial charge in [0, 0.05) is 56.2 Å². The first-order chi connectivity index (χ1) is 18.8. The van der Waals surface area contributed by atoms with Crippen LogP contribution in [0.3, 0.4) is 0 Å². The number of nitrogens with zero attached hydrogens (tertiary/aromatic N) is 1. The Labute approximate surface area is 234 Å². The number of hydrogen-bond acceptors (Lipinski definition) is 5. The number of hydrogen-bond donors (Lipinski definition) is 3. The number of amides is 2. The Morgan fingerprint density at radius 2 is 1.79 bits per heavy atom. The maximum atomic E-state index is 13.7. The van der Waals surface area contributed by atoms with E-state index in [2.05, 4.69) is 72.0 Å². The molecule has 4 rings (SSSR count). The number of anilines is 1. The first-order valence-electron chi connectivity index (χ1n) is 14.7. The van der Waals surface area contributed by atoms with Crippen molar-refractivity contribution in [2.45, 2.75) is 72.5 Å². The summed E-state index contributed by atoms with van der Waals surface area (Å²) in [4.78, 5) is 28.8. The van der Waals surface area contributed by atoms with Gasteiger partial charge in [0.2, 0.25) is 5.91 Å². The highest BCUT2D eigenvalue weighted by Gasteiger charge is 2.32. The molecule has 2 amide bonds. The molecule has 212 valence electrons. The third-order valence-corrected chi connectivity index (χ3v) is 8.39.